The van der Waals surface area contributed by atoms with Crippen molar-refractivity contribution in [2.45, 2.75) is 38.7 Å². The summed E-state index contributed by atoms with van der Waals surface area (Å²) in [5.41, 5.74) is 0. The van der Waals surface area contributed by atoms with E-state index in [1.165, 1.54) is 12.8 Å². The fourth-order valence-corrected chi connectivity index (χ4v) is 1.30. The molecule has 0 bridgehead atoms. The molecule has 0 aromatic carbocycles. The molecule has 1 atom stereocenters. The molecule has 3 heteroatoms. The number of ether oxygens (including phenoxy) is 1. The second-order valence-electron chi connectivity index (χ2n) is 3.21. The largest absolute Gasteiger partial charge is 0.376 e. The molecule has 0 saturated carbocycles. The Bertz CT molecular complexity index is 147. The van der Waals surface area contributed by atoms with Crippen molar-refractivity contribution < 1.29 is 9.53 Å². The molecule has 0 aliphatic carbocycles. The summed E-state index contributed by atoms with van der Waals surface area (Å²) in [5, 5.41) is 2.75. The zero-order valence-electron chi connectivity index (χ0n) is 7.64. The first-order valence-electron chi connectivity index (χ1n) is 4.71. The molecule has 1 rings (SSSR count). The van der Waals surface area contributed by atoms with Gasteiger partial charge in [-0.3, -0.25) is 4.79 Å². The van der Waals surface area contributed by atoms with Crippen molar-refractivity contribution in [1.82, 2.24) is 5.32 Å². The third-order valence-corrected chi connectivity index (χ3v) is 2.04. The van der Waals surface area contributed by atoms with Gasteiger partial charge in [0.2, 0.25) is 5.91 Å². The van der Waals surface area contributed by atoms with Crippen molar-refractivity contribution in [3.05, 3.63) is 0 Å². The minimum Gasteiger partial charge on any atom is -0.376 e. The Kier molecular flexibility index (Phi) is 4.08. The summed E-state index contributed by atoms with van der Waals surface area (Å²) in [4.78, 5) is 10.8. The van der Waals surface area contributed by atoms with Gasteiger partial charge in [-0.2, -0.15) is 0 Å². The number of carbonyl (C=O) groups excluding carboxylic acids is 1. The molecule has 0 aromatic heterocycles. The van der Waals surface area contributed by atoms with Gasteiger partial charge in [0.05, 0.1) is 12.5 Å². The van der Waals surface area contributed by atoms with Gasteiger partial charge < -0.3 is 10.1 Å². The molecule has 1 fully saturated rings. The van der Waals surface area contributed by atoms with Gasteiger partial charge in [-0.05, 0) is 6.42 Å². The number of unbranched alkanes of at least 4 members (excludes halogenated alkanes) is 2. The zero-order valence-corrected chi connectivity index (χ0v) is 7.64. The summed E-state index contributed by atoms with van der Waals surface area (Å²) in [7, 11) is 0. The zero-order chi connectivity index (χ0) is 8.81. The predicted octanol–water partition coefficient (Wildman–Crippen LogP) is 1.08. The highest BCUT2D eigenvalue weighted by Gasteiger charge is 2.21. The Morgan fingerprint density at radius 2 is 2.42 bits per heavy atom. The van der Waals surface area contributed by atoms with Crippen molar-refractivity contribution in [1.29, 1.82) is 0 Å². The second kappa shape index (κ2) is 5.14. The number of hydrogen-bond acceptors (Lipinski definition) is 2. The highest BCUT2D eigenvalue weighted by atomic mass is 16.5. The smallest absolute Gasteiger partial charge is 0.222 e. The van der Waals surface area contributed by atoms with Crippen LogP contribution in [0.4, 0.5) is 0 Å². The molecule has 0 spiro atoms. The van der Waals surface area contributed by atoms with Gasteiger partial charge in [0.1, 0.15) is 0 Å². The SMILES string of the molecule is CCCCCOC1CNC(=O)C1. The molecule has 12 heavy (non-hydrogen) atoms. The monoisotopic (exact) mass is 171 g/mol. The molecule has 70 valence electrons. The first-order valence-corrected chi connectivity index (χ1v) is 4.71. The fraction of sp³-hybridized carbons (Fsp3) is 0.889. The molecular formula is C9H17NO2. The third kappa shape index (κ3) is 3.22. The first kappa shape index (κ1) is 9.52. The van der Waals surface area contributed by atoms with E-state index in [0.29, 0.717) is 13.0 Å². The maximum Gasteiger partial charge on any atom is 0.222 e. The molecule has 1 heterocycles. The average Bonchev–Trinajstić information content (AvgIpc) is 2.45. The lowest BCUT2D eigenvalue weighted by atomic mass is 10.2. The van der Waals surface area contributed by atoms with Crippen LogP contribution in [0.2, 0.25) is 0 Å². The molecule has 1 amide bonds. The Balaban J connectivity index is 1.97. The van der Waals surface area contributed by atoms with Crippen LogP contribution in [0.1, 0.15) is 32.6 Å². The van der Waals surface area contributed by atoms with Crippen LogP contribution in [0.25, 0.3) is 0 Å². The number of carbonyl (C=O) groups is 1. The van der Waals surface area contributed by atoms with Crippen LogP contribution in [-0.2, 0) is 9.53 Å². The predicted molar refractivity (Wildman–Crippen MR) is 46.9 cm³/mol. The third-order valence-electron chi connectivity index (χ3n) is 2.04. The molecular weight excluding hydrogens is 154 g/mol. The molecule has 1 aliphatic heterocycles. The normalized spacial score (nSPS) is 22.8. The molecule has 1 saturated heterocycles. The Morgan fingerprint density at radius 3 is 3.00 bits per heavy atom. The van der Waals surface area contributed by atoms with Crippen LogP contribution < -0.4 is 5.32 Å². The van der Waals surface area contributed by atoms with Crippen molar-refractivity contribution >= 4 is 5.91 Å². The molecule has 3 nitrogen and oxygen atoms in total. The lowest BCUT2D eigenvalue weighted by Gasteiger charge is -2.08. The summed E-state index contributed by atoms with van der Waals surface area (Å²) in [6, 6.07) is 0. The van der Waals surface area contributed by atoms with E-state index in [1.807, 2.05) is 0 Å². The molecule has 0 aromatic rings. The van der Waals surface area contributed by atoms with E-state index in [1.54, 1.807) is 0 Å². The minimum absolute atomic E-state index is 0.121. The van der Waals surface area contributed by atoms with Crippen LogP contribution >= 0.6 is 0 Å². The van der Waals surface area contributed by atoms with Crippen LogP contribution in [0.3, 0.4) is 0 Å². The molecule has 1 unspecified atom stereocenters. The molecule has 1 aliphatic rings. The Labute approximate surface area is 73.5 Å². The van der Waals surface area contributed by atoms with Gasteiger partial charge in [0.25, 0.3) is 0 Å². The standard InChI is InChI=1S/C9H17NO2/c1-2-3-4-5-12-8-6-9(11)10-7-8/h8H,2-7H2,1H3,(H,10,11). The van der Waals surface area contributed by atoms with Crippen molar-refractivity contribution in [3.63, 3.8) is 0 Å². The van der Waals surface area contributed by atoms with E-state index in [4.69, 9.17) is 4.74 Å². The topological polar surface area (TPSA) is 38.3 Å². The van der Waals surface area contributed by atoms with Crippen LogP contribution in [-0.4, -0.2) is 25.2 Å². The number of hydrogen-bond donors (Lipinski definition) is 1. The van der Waals surface area contributed by atoms with Gasteiger partial charge in [0, 0.05) is 13.2 Å². The van der Waals surface area contributed by atoms with Gasteiger partial charge in [-0.15, -0.1) is 0 Å². The van der Waals surface area contributed by atoms with E-state index >= 15 is 0 Å². The first-order chi connectivity index (χ1) is 5.83. The van der Waals surface area contributed by atoms with Crippen molar-refractivity contribution in [2.24, 2.45) is 0 Å². The highest BCUT2D eigenvalue weighted by molar-refractivity contribution is 5.78. The summed E-state index contributed by atoms with van der Waals surface area (Å²) in [6.45, 7) is 3.67. The number of nitrogens with one attached hydrogen (secondary N) is 1. The summed E-state index contributed by atoms with van der Waals surface area (Å²) >= 11 is 0. The molecule has 0 radical (unpaired) electrons. The van der Waals surface area contributed by atoms with Gasteiger partial charge in [0.15, 0.2) is 0 Å². The van der Waals surface area contributed by atoms with Gasteiger partial charge in [-0.1, -0.05) is 19.8 Å². The number of amides is 1. The van der Waals surface area contributed by atoms with E-state index in [2.05, 4.69) is 12.2 Å². The Hall–Kier alpha value is -0.570. The maximum absolute atomic E-state index is 10.8. The lowest BCUT2D eigenvalue weighted by molar-refractivity contribution is -0.119. The Morgan fingerprint density at radius 1 is 1.58 bits per heavy atom. The summed E-state index contributed by atoms with van der Waals surface area (Å²) < 4.78 is 5.49. The van der Waals surface area contributed by atoms with Gasteiger partial charge >= 0.3 is 0 Å². The van der Waals surface area contributed by atoms with E-state index in [0.717, 1.165) is 13.0 Å². The van der Waals surface area contributed by atoms with E-state index in [9.17, 15) is 4.79 Å². The molecule has 1 N–H and O–H groups in total. The summed E-state index contributed by atoms with van der Waals surface area (Å²) in [5.74, 6) is 0.121. The lowest BCUT2D eigenvalue weighted by Crippen LogP contribution is -2.18. The van der Waals surface area contributed by atoms with Crippen molar-refractivity contribution in [2.75, 3.05) is 13.2 Å². The van der Waals surface area contributed by atoms with E-state index in [-0.39, 0.29) is 12.0 Å². The number of rotatable bonds is 5. The highest BCUT2D eigenvalue weighted by Crippen LogP contribution is 2.05. The van der Waals surface area contributed by atoms with Crippen LogP contribution in [0, 0.1) is 0 Å². The van der Waals surface area contributed by atoms with E-state index < -0.39 is 0 Å². The van der Waals surface area contributed by atoms with Crippen molar-refractivity contribution in [3.8, 4) is 0 Å². The average molecular weight is 171 g/mol. The van der Waals surface area contributed by atoms with Gasteiger partial charge in [-0.25, -0.2) is 0 Å². The van der Waals surface area contributed by atoms with Crippen LogP contribution in [0.15, 0.2) is 0 Å². The second-order valence-corrected chi connectivity index (χ2v) is 3.21. The quantitative estimate of drug-likeness (QED) is 0.629. The maximum atomic E-state index is 10.8. The van der Waals surface area contributed by atoms with Crippen LogP contribution in [0.5, 0.6) is 0 Å². The fourth-order valence-electron chi connectivity index (χ4n) is 1.30. The summed E-state index contributed by atoms with van der Waals surface area (Å²) in [6.07, 6.45) is 4.22. The minimum atomic E-state index is 0.121.